The van der Waals surface area contributed by atoms with Gasteiger partial charge in [0.25, 0.3) is 0 Å². The number of rotatable bonds is 3. The van der Waals surface area contributed by atoms with Crippen LogP contribution >= 0.6 is 11.3 Å². The fraction of sp³-hybridized carbons (Fsp3) is 0.385. The van der Waals surface area contributed by atoms with Gasteiger partial charge in [-0.15, -0.1) is 0 Å². The highest BCUT2D eigenvalue weighted by Gasteiger charge is 2.27. The number of methoxy groups -OCH3 is 1. The van der Waals surface area contributed by atoms with Crippen LogP contribution in [0.3, 0.4) is 0 Å². The zero-order valence-corrected chi connectivity index (χ0v) is 11.5. The minimum atomic E-state index is -0.342. The van der Waals surface area contributed by atoms with Crippen LogP contribution in [-0.2, 0) is 9.53 Å². The molecule has 2 amide bonds. The van der Waals surface area contributed by atoms with Crippen molar-refractivity contribution in [3.05, 3.63) is 28.5 Å². The van der Waals surface area contributed by atoms with Crippen LogP contribution in [0.5, 0.6) is 0 Å². The molecule has 1 fully saturated rings. The van der Waals surface area contributed by atoms with Gasteiger partial charge in [-0.3, -0.25) is 4.79 Å². The molecule has 1 aliphatic heterocycles. The van der Waals surface area contributed by atoms with Gasteiger partial charge in [0.05, 0.1) is 7.11 Å². The lowest BCUT2D eigenvalue weighted by atomic mass is 10.2. The first kappa shape index (κ1) is 13.6. The number of carbonyl (C=O) groups is 2. The number of hydrogen-bond acceptors (Lipinski definition) is 4. The van der Waals surface area contributed by atoms with Crippen molar-refractivity contribution < 1.29 is 14.3 Å². The van der Waals surface area contributed by atoms with Crippen molar-refractivity contribution >= 4 is 29.4 Å². The molecule has 0 spiro atoms. The van der Waals surface area contributed by atoms with Crippen LogP contribution in [0.25, 0.3) is 6.08 Å². The van der Waals surface area contributed by atoms with E-state index in [4.69, 9.17) is 0 Å². The largest absolute Gasteiger partial charge is 0.453 e. The lowest BCUT2D eigenvalue weighted by molar-refractivity contribution is -0.117. The van der Waals surface area contributed by atoms with Crippen molar-refractivity contribution in [3.8, 4) is 0 Å². The van der Waals surface area contributed by atoms with Gasteiger partial charge in [0.1, 0.15) is 0 Å². The highest BCUT2D eigenvalue weighted by Crippen LogP contribution is 2.11. The number of nitrogens with zero attached hydrogens (tertiary/aromatic N) is 1. The van der Waals surface area contributed by atoms with E-state index in [1.165, 1.54) is 13.2 Å². The highest BCUT2D eigenvalue weighted by molar-refractivity contribution is 7.08. The van der Waals surface area contributed by atoms with Crippen LogP contribution in [0.4, 0.5) is 4.79 Å². The molecule has 0 bridgehead atoms. The summed E-state index contributed by atoms with van der Waals surface area (Å²) in [5, 5.41) is 6.81. The van der Waals surface area contributed by atoms with Gasteiger partial charge in [0.15, 0.2) is 0 Å². The lowest BCUT2D eigenvalue weighted by Crippen LogP contribution is -2.37. The van der Waals surface area contributed by atoms with Gasteiger partial charge in [-0.05, 0) is 34.9 Å². The topological polar surface area (TPSA) is 58.6 Å². The Balaban J connectivity index is 1.79. The zero-order valence-electron chi connectivity index (χ0n) is 10.7. The number of amides is 2. The molecule has 0 saturated carbocycles. The molecule has 1 N–H and O–H groups in total. The lowest BCUT2D eigenvalue weighted by Gasteiger charge is -2.14. The minimum absolute atomic E-state index is 0.00118. The van der Waals surface area contributed by atoms with Crippen molar-refractivity contribution in [2.45, 2.75) is 12.5 Å². The Kier molecular flexibility index (Phi) is 4.57. The van der Waals surface area contributed by atoms with Gasteiger partial charge in [-0.1, -0.05) is 0 Å². The van der Waals surface area contributed by atoms with Crippen molar-refractivity contribution in [2.24, 2.45) is 0 Å². The number of carbonyl (C=O) groups excluding carboxylic acids is 2. The number of likely N-dealkylation sites (tertiary alicyclic amines) is 1. The summed E-state index contributed by atoms with van der Waals surface area (Å²) >= 11 is 1.59. The minimum Gasteiger partial charge on any atom is -0.453 e. The quantitative estimate of drug-likeness (QED) is 0.858. The molecule has 5 nitrogen and oxygen atoms in total. The summed E-state index contributed by atoms with van der Waals surface area (Å²) in [7, 11) is 1.36. The van der Waals surface area contributed by atoms with Gasteiger partial charge in [-0.2, -0.15) is 11.3 Å². The van der Waals surface area contributed by atoms with Crippen LogP contribution in [-0.4, -0.2) is 43.1 Å². The third-order valence-electron chi connectivity index (χ3n) is 2.94. The average molecular weight is 280 g/mol. The molecule has 1 aromatic heterocycles. The summed E-state index contributed by atoms with van der Waals surface area (Å²) in [5.74, 6) is -0.136. The molecular weight excluding hydrogens is 264 g/mol. The smallest absolute Gasteiger partial charge is 0.409 e. The van der Waals surface area contributed by atoms with Gasteiger partial charge < -0.3 is 15.0 Å². The van der Waals surface area contributed by atoms with E-state index in [-0.39, 0.29) is 18.0 Å². The number of nitrogens with one attached hydrogen (secondary N) is 1. The summed E-state index contributed by atoms with van der Waals surface area (Å²) in [6.45, 7) is 1.12. The maximum absolute atomic E-state index is 11.7. The molecule has 19 heavy (non-hydrogen) atoms. The Morgan fingerprint density at radius 2 is 2.42 bits per heavy atom. The second kappa shape index (κ2) is 6.38. The molecule has 1 unspecified atom stereocenters. The molecule has 6 heteroatoms. The van der Waals surface area contributed by atoms with Crippen LogP contribution < -0.4 is 5.32 Å². The maximum atomic E-state index is 11.7. The molecule has 0 aromatic carbocycles. The molecule has 2 rings (SSSR count). The summed E-state index contributed by atoms with van der Waals surface area (Å²) in [4.78, 5) is 24.6. The monoisotopic (exact) mass is 280 g/mol. The molecule has 1 atom stereocenters. The third-order valence-corrected chi connectivity index (χ3v) is 3.64. The Labute approximate surface area is 115 Å². The van der Waals surface area contributed by atoms with Crippen LogP contribution in [0, 0.1) is 0 Å². The molecular formula is C13H16N2O3S. The first-order chi connectivity index (χ1) is 9.19. The van der Waals surface area contributed by atoms with E-state index in [0.717, 1.165) is 12.0 Å². The second-order valence-electron chi connectivity index (χ2n) is 4.30. The van der Waals surface area contributed by atoms with Crippen LogP contribution in [0.1, 0.15) is 12.0 Å². The Hall–Kier alpha value is -1.82. The fourth-order valence-corrected chi connectivity index (χ4v) is 2.59. The Morgan fingerprint density at radius 1 is 1.58 bits per heavy atom. The van der Waals surface area contributed by atoms with Crippen molar-refractivity contribution in [1.29, 1.82) is 0 Å². The normalized spacial score (nSPS) is 18.8. The van der Waals surface area contributed by atoms with E-state index >= 15 is 0 Å². The second-order valence-corrected chi connectivity index (χ2v) is 5.08. The van der Waals surface area contributed by atoms with E-state index in [9.17, 15) is 9.59 Å². The summed E-state index contributed by atoms with van der Waals surface area (Å²) in [6, 6.07) is 1.95. The van der Waals surface area contributed by atoms with Gasteiger partial charge in [0, 0.05) is 25.2 Å². The van der Waals surface area contributed by atoms with Crippen LogP contribution in [0.2, 0.25) is 0 Å². The number of hydrogen-bond donors (Lipinski definition) is 1. The molecule has 102 valence electrons. The van der Waals surface area contributed by atoms with E-state index in [1.807, 2.05) is 16.8 Å². The predicted octanol–water partition coefficient (Wildman–Crippen LogP) is 1.72. The number of ether oxygens (including phenoxy) is 1. The first-order valence-electron chi connectivity index (χ1n) is 6.02. The SMILES string of the molecule is COC(=O)N1CCC(NC(=O)C=Cc2ccsc2)C1. The number of thiophene rings is 1. The molecule has 2 heterocycles. The molecule has 1 saturated heterocycles. The average Bonchev–Trinajstić information content (AvgIpc) is 3.06. The van der Waals surface area contributed by atoms with Crippen molar-refractivity contribution in [2.75, 3.05) is 20.2 Å². The van der Waals surface area contributed by atoms with E-state index in [2.05, 4.69) is 10.1 Å². The van der Waals surface area contributed by atoms with Gasteiger partial charge >= 0.3 is 6.09 Å². The standard InChI is InChI=1S/C13H16N2O3S/c1-18-13(17)15-6-4-11(8-15)14-12(16)3-2-10-5-7-19-9-10/h2-3,5,7,9,11H,4,6,8H2,1H3,(H,14,16). The van der Waals surface area contributed by atoms with Crippen LogP contribution in [0.15, 0.2) is 22.9 Å². The zero-order chi connectivity index (χ0) is 13.7. The maximum Gasteiger partial charge on any atom is 0.409 e. The third kappa shape index (κ3) is 3.82. The van der Waals surface area contributed by atoms with E-state index in [1.54, 1.807) is 22.3 Å². The molecule has 1 aromatic rings. The molecule has 0 radical (unpaired) electrons. The Bertz CT molecular complexity index is 470. The Morgan fingerprint density at radius 3 is 3.11 bits per heavy atom. The fourth-order valence-electron chi connectivity index (χ4n) is 1.96. The molecule has 0 aliphatic carbocycles. The van der Waals surface area contributed by atoms with Crippen molar-refractivity contribution in [1.82, 2.24) is 10.2 Å². The first-order valence-corrected chi connectivity index (χ1v) is 6.97. The summed E-state index contributed by atoms with van der Waals surface area (Å²) < 4.78 is 4.65. The van der Waals surface area contributed by atoms with E-state index in [0.29, 0.717) is 13.1 Å². The summed E-state index contributed by atoms with van der Waals surface area (Å²) in [5.41, 5.74) is 1.02. The summed E-state index contributed by atoms with van der Waals surface area (Å²) in [6.07, 6.45) is 3.71. The van der Waals surface area contributed by atoms with Crippen molar-refractivity contribution in [3.63, 3.8) is 0 Å². The van der Waals surface area contributed by atoms with E-state index < -0.39 is 0 Å². The van der Waals surface area contributed by atoms with Gasteiger partial charge in [-0.25, -0.2) is 4.79 Å². The molecule has 1 aliphatic rings. The van der Waals surface area contributed by atoms with Gasteiger partial charge in [0.2, 0.25) is 5.91 Å². The highest BCUT2D eigenvalue weighted by atomic mass is 32.1. The predicted molar refractivity (Wildman–Crippen MR) is 73.9 cm³/mol.